The Morgan fingerprint density at radius 3 is 2.38 bits per heavy atom. The Hall–Kier alpha value is -3.11. The molecule has 1 aromatic carbocycles. The molecule has 6 nitrogen and oxygen atoms in total. The smallest absolute Gasteiger partial charge is 0.0834 e. The molecule has 0 aliphatic carbocycles. The first-order chi connectivity index (χ1) is 17.0. The Balaban J connectivity index is 0.00000320. The van der Waals surface area contributed by atoms with Gasteiger partial charge in [0.15, 0.2) is 0 Å². The van der Waals surface area contributed by atoms with Gasteiger partial charge in [0, 0.05) is 50.2 Å². The van der Waals surface area contributed by atoms with E-state index in [4.69, 9.17) is 14.7 Å². The average Bonchev–Trinajstić information content (AvgIpc) is 3.27. The van der Waals surface area contributed by atoms with Crippen LogP contribution in [0.5, 0.6) is 11.5 Å². The topological polar surface area (TPSA) is 45.9 Å². The van der Waals surface area contributed by atoms with Crippen LogP contribution in [0.25, 0.3) is 17.0 Å². The zero-order chi connectivity index (χ0) is 25.8. The van der Waals surface area contributed by atoms with Gasteiger partial charge in [-0.25, -0.2) is 4.98 Å². The number of fused-ring (bicyclic) bond motifs is 1. The number of aromatic nitrogens is 3. The molecule has 0 spiro atoms. The molecule has 7 heteroatoms. The van der Waals surface area contributed by atoms with Gasteiger partial charge in [0.2, 0.25) is 0 Å². The summed E-state index contributed by atoms with van der Waals surface area (Å²) < 4.78 is 8.42. The SMILES string of the molecule is CC1=C(C)N(c2[c-]c(Oc3[c-]c(-c4cc(C(C)(C)C)ccn4)n4c(C)c(C)nc4c3)ccc2)[CH-]N1C.[Pt]. The number of imidazole rings is 1. The van der Waals surface area contributed by atoms with Crippen molar-refractivity contribution < 1.29 is 25.8 Å². The molecule has 4 aromatic rings. The van der Waals surface area contributed by atoms with Crippen molar-refractivity contribution in [3.8, 4) is 22.9 Å². The van der Waals surface area contributed by atoms with Gasteiger partial charge >= 0.3 is 0 Å². The van der Waals surface area contributed by atoms with Crippen molar-refractivity contribution in [1.29, 1.82) is 0 Å². The molecule has 0 amide bonds. The van der Waals surface area contributed by atoms with Crippen LogP contribution in [0.15, 0.2) is 54.0 Å². The van der Waals surface area contributed by atoms with Gasteiger partial charge in [-0.3, -0.25) is 0 Å². The van der Waals surface area contributed by atoms with Crippen LogP contribution in [0.3, 0.4) is 0 Å². The fourth-order valence-corrected chi connectivity index (χ4v) is 4.38. The normalized spacial score (nSPS) is 13.9. The summed E-state index contributed by atoms with van der Waals surface area (Å²) in [6.45, 7) is 17.0. The zero-order valence-electron chi connectivity index (χ0n) is 22.6. The Labute approximate surface area is 234 Å². The third-order valence-corrected chi connectivity index (χ3v) is 6.90. The number of rotatable bonds is 4. The van der Waals surface area contributed by atoms with Gasteiger partial charge in [-0.05, 0) is 63.3 Å². The van der Waals surface area contributed by atoms with E-state index in [1.54, 1.807) is 0 Å². The summed E-state index contributed by atoms with van der Waals surface area (Å²) in [5.41, 5.74) is 8.99. The fourth-order valence-electron chi connectivity index (χ4n) is 4.38. The predicted molar refractivity (Wildman–Crippen MR) is 144 cm³/mol. The average molecular weight is 674 g/mol. The van der Waals surface area contributed by atoms with Crippen molar-refractivity contribution >= 4 is 11.3 Å². The standard InChI is InChI=1S/C30H32N5O.Pt/c1-19-20(2)35-28(27-14-23(12-13-31-27)30(5,6)7)16-26(17-29(35)32-19)36-25-11-9-10-24(15-25)34-18-33(8)21(3)22(34)4;/h9-14,17-18H,1-8H3;/q-3;. The van der Waals surface area contributed by atoms with E-state index in [-0.39, 0.29) is 26.5 Å². The van der Waals surface area contributed by atoms with Crippen molar-refractivity contribution in [3.63, 3.8) is 0 Å². The molecule has 0 atom stereocenters. The van der Waals surface area contributed by atoms with Gasteiger partial charge in [-0.2, -0.15) is 12.7 Å². The summed E-state index contributed by atoms with van der Waals surface area (Å²) in [4.78, 5) is 13.7. The van der Waals surface area contributed by atoms with Crippen molar-refractivity contribution in [2.75, 3.05) is 11.9 Å². The van der Waals surface area contributed by atoms with E-state index < -0.39 is 0 Å². The Morgan fingerprint density at radius 1 is 0.946 bits per heavy atom. The number of nitrogens with zero attached hydrogens (tertiary/aromatic N) is 5. The summed E-state index contributed by atoms with van der Waals surface area (Å²) in [5, 5.41) is 0. The maximum Gasteiger partial charge on any atom is 0.0834 e. The zero-order valence-corrected chi connectivity index (χ0v) is 24.9. The second kappa shape index (κ2) is 9.98. The Kier molecular flexibility index (Phi) is 7.27. The molecule has 0 fully saturated rings. The summed E-state index contributed by atoms with van der Waals surface area (Å²) in [7, 11) is 2.04. The van der Waals surface area contributed by atoms with Gasteiger partial charge < -0.3 is 23.9 Å². The van der Waals surface area contributed by atoms with Gasteiger partial charge in [-0.15, -0.1) is 30.0 Å². The molecule has 0 unspecified atom stereocenters. The molecular formula is C30H32N5OPt-3. The second-order valence-electron chi connectivity index (χ2n) is 10.4. The molecule has 37 heavy (non-hydrogen) atoms. The molecule has 0 saturated carbocycles. The van der Waals surface area contributed by atoms with Gasteiger partial charge in [0.1, 0.15) is 0 Å². The second-order valence-corrected chi connectivity index (χ2v) is 10.4. The minimum atomic E-state index is 0. The van der Waals surface area contributed by atoms with Crippen molar-refractivity contribution in [3.05, 3.63) is 89.7 Å². The first-order valence-electron chi connectivity index (χ1n) is 12.2. The van der Waals surface area contributed by atoms with E-state index in [0.29, 0.717) is 11.5 Å². The third-order valence-electron chi connectivity index (χ3n) is 6.90. The molecule has 0 bridgehead atoms. The first-order valence-corrected chi connectivity index (χ1v) is 12.2. The number of anilines is 1. The molecule has 3 aromatic heterocycles. The van der Waals surface area contributed by atoms with Gasteiger partial charge in [0.05, 0.1) is 11.3 Å². The van der Waals surface area contributed by atoms with E-state index in [2.05, 4.69) is 86.7 Å². The number of aryl methyl sites for hydroxylation is 2. The quantitative estimate of drug-likeness (QED) is 0.223. The molecular weight excluding hydrogens is 641 g/mol. The minimum absolute atomic E-state index is 0. The minimum Gasteiger partial charge on any atom is -0.509 e. The summed E-state index contributed by atoms with van der Waals surface area (Å²) in [5.74, 6) is 1.19. The van der Waals surface area contributed by atoms with Crippen LogP contribution in [0.4, 0.5) is 5.69 Å². The molecule has 5 rings (SSSR count). The summed E-state index contributed by atoms with van der Waals surface area (Å²) in [6, 6.07) is 18.9. The summed E-state index contributed by atoms with van der Waals surface area (Å²) >= 11 is 0. The molecule has 196 valence electrons. The van der Waals surface area contributed by atoms with E-state index in [9.17, 15) is 0 Å². The number of pyridine rings is 2. The van der Waals surface area contributed by atoms with E-state index in [0.717, 1.165) is 39.8 Å². The van der Waals surface area contributed by atoms with E-state index >= 15 is 0 Å². The molecule has 0 radical (unpaired) electrons. The van der Waals surface area contributed by atoms with Gasteiger partial charge in [0.25, 0.3) is 0 Å². The molecule has 1 aliphatic heterocycles. The van der Waals surface area contributed by atoms with Crippen LogP contribution in [-0.2, 0) is 26.5 Å². The number of ether oxygens (including phenoxy) is 1. The number of hydrogen-bond acceptors (Lipinski definition) is 5. The maximum atomic E-state index is 6.32. The van der Waals surface area contributed by atoms with Crippen LogP contribution in [-0.4, -0.2) is 26.3 Å². The predicted octanol–water partition coefficient (Wildman–Crippen LogP) is 6.82. The van der Waals surface area contributed by atoms with Crippen LogP contribution >= 0.6 is 0 Å². The molecule has 0 N–H and O–H groups in total. The van der Waals surface area contributed by atoms with Crippen molar-refractivity contribution in [1.82, 2.24) is 19.3 Å². The van der Waals surface area contributed by atoms with E-state index in [1.165, 1.54) is 11.3 Å². The largest absolute Gasteiger partial charge is 0.509 e. The Morgan fingerprint density at radius 2 is 1.70 bits per heavy atom. The first kappa shape index (κ1) is 26.9. The molecule has 1 aliphatic rings. The number of benzene rings is 1. The van der Waals surface area contributed by atoms with Crippen LogP contribution in [0.2, 0.25) is 0 Å². The molecule has 4 heterocycles. The third kappa shape index (κ3) is 5.04. The number of hydrogen-bond donors (Lipinski definition) is 0. The van der Waals surface area contributed by atoms with Gasteiger partial charge in [-0.1, -0.05) is 38.5 Å². The van der Waals surface area contributed by atoms with Crippen LogP contribution in [0, 0.1) is 32.6 Å². The molecule has 0 saturated heterocycles. The van der Waals surface area contributed by atoms with Crippen LogP contribution in [0.1, 0.15) is 51.6 Å². The monoisotopic (exact) mass is 673 g/mol. The van der Waals surface area contributed by atoms with Crippen molar-refractivity contribution in [2.24, 2.45) is 0 Å². The van der Waals surface area contributed by atoms with E-state index in [1.807, 2.05) is 44.4 Å². The van der Waals surface area contributed by atoms with Crippen molar-refractivity contribution in [2.45, 2.75) is 53.9 Å². The number of allylic oxidation sites excluding steroid dienone is 2. The maximum absolute atomic E-state index is 6.32. The Bertz CT molecular complexity index is 1500. The fraction of sp³-hybridized carbons (Fsp3) is 0.300. The summed E-state index contributed by atoms with van der Waals surface area (Å²) in [6.07, 6.45) is 1.86. The van der Waals surface area contributed by atoms with Crippen LogP contribution < -0.4 is 9.64 Å².